The Labute approximate surface area is 126 Å². The Balaban J connectivity index is 1.82. The van der Waals surface area contributed by atoms with Gasteiger partial charge in [-0.25, -0.2) is 0 Å². The van der Waals surface area contributed by atoms with Gasteiger partial charge in [-0.3, -0.25) is 4.79 Å². The Morgan fingerprint density at radius 1 is 1.47 bits per heavy atom. The number of benzene rings is 1. The molecule has 1 aromatic rings. The first-order valence-electron chi connectivity index (χ1n) is 6.51. The molecule has 1 aliphatic heterocycles. The molecule has 1 unspecified atom stereocenters. The van der Waals surface area contributed by atoms with Crippen LogP contribution >= 0.6 is 27.5 Å². The Bertz CT molecular complexity index is 447. The minimum Gasteiger partial charge on any atom is -0.378 e. The Hall–Kier alpha value is -0.580. The van der Waals surface area contributed by atoms with Crippen molar-refractivity contribution >= 4 is 33.4 Å². The third-order valence-corrected chi connectivity index (χ3v) is 4.13. The van der Waals surface area contributed by atoms with E-state index in [4.69, 9.17) is 16.3 Å². The fourth-order valence-corrected chi connectivity index (χ4v) is 2.75. The molecular formula is C14H17BrClNO2. The molecule has 1 fully saturated rings. The van der Waals surface area contributed by atoms with Crippen molar-refractivity contribution in [2.24, 2.45) is 0 Å². The molecule has 19 heavy (non-hydrogen) atoms. The smallest absolute Gasteiger partial charge is 0.252 e. The van der Waals surface area contributed by atoms with Gasteiger partial charge in [-0.2, -0.15) is 0 Å². The van der Waals surface area contributed by atoms with Gasteiger partial charge in [-0.15, -0.1) is 0 Å². The van der Waals surface area contributed by atoms with E-state index in [1.54, 1.807) is 18.2 Å². The van der Waals surface area contributed by atoms with Crippen LogP contribution in [0.3, 0.4) is 0 Å². The van der Waals surface area contributed by atoms with Crippen molar-refractivity contribution in [3.63, 3.8) is 0 Å². The van der Waals surface area contributed by atoms with Crippen molar-refractivity contribution in [3.05, 3.63) is 33.3 Å². The Kier molecular flexibility index (Phi) is 5.67. The summed E-state index contributed by atoms with van der Waals surface area (Å²) in [7, 11) is 0. The molecule has 0 aromatic heterocycles. The van der Waals surface area contributed by atoms with Gasteiger partial charge in [0.05, 0.1) is 11.7 Å². The molecule has 104 valence electrons. The Morgan fingerprint density at radius 3 is 3.05 bits per heavy atom. The quantitative estimate of drug-likeness (QED) is 0.900. The third kappa shape index (κ3) is 4.48. The highest BCUT2D eigenvalue weighted by molar-refractivity contribution is 9.10. The largest absolute Gasteiger partial charge is 0.378 e. The van der Waals surface area contributed by atoms with Gasteiger partial charge in [-0.05, 0) is 59.8 Å². The average molecular weight is 347 g/mol. The number of ether oxygens (including phenoxy) is 1. The average Bonchev–Trinajstić information content (AvgIpc) is 2.42. The third-order valence-electron chi connectivity index (χ3n) is 3.20. The van der Waals surface area contributed by atoms with E-state index in [1.165, 1.54) is 6.42 Å². The number of rotatable bonds is 4. The highest BCUT2D eigenvalue weighted by Gasteiger charge is 2.15. The summed E-state index contributed by atoms with van der Waals surface area (Å²) in [5, 5.41) is 3.47. The molecule has 2 rings (SSSR count). The fourth-order valence-electron chi connectivity index (χ4n) is 2.15. The van der Waals surface area contributed by atoms with Gasteiger partial charge in [0.2, 0.25) is 0 Å². The van der Waals surface area contributed by atoms with Crippen LogP contribution in [0, 0.1) is 0 Å². The van der Waals surface area contributed by atoms with Crippen LogP contribution in [0.5, 0.6) is 0 Å². The van der Waals surface area contributed by atoms with Gasteiger partial charge in [0, 0.05) is 22.6 Å². The summed E-state index contributed by atoms with van der Waals surface area (Å²) in [6, 6.07) is 5.19. The lowest BCUT2D eigenvalue weighted by atomic mass is 10.1. The van der Waals surface area contributed by atoms with E-state index in [0.717, 1.165) is 30.3 Å². The van der Waals surface area contributed by atoms with Gasteiger partial charge in [0.25, 0.3) is 5.91 Å². The van der Waals surface area contributed by atoms with Crippen molar-refractivity contribution < 1.29 is 9.53 Å². The van der Waals surface area contributed by atoms with Crippen LogP contribution in [0.25, 0.3) is 0 Å². The molecule has 3 nitrogen and oxygen atoms in total. The second kappa shape index (κ2) is 7.27. The number of hydrogen-bond acceptors (Lipinski definition) is 2. The second-order valence-electron chi connectivity index (χ2n) is 4.66. The number of hydrogen-bond donors (Lipinski definition) is 1. The first-order chi connectivity index (χ1) is 9.16. The standard InChI is InChI=1S/C14H17BrClNO2/c15-13-5-4-10(16)9-12(13)14(18)17-7-6-11-3-1-2-8-19-11/h4-5,9,11H,1-3,6-8H2,(H,17,18). The molecule has 5 heteroatoms. The lowest BCUT2D eigenvalue weighted by Crippen LogP contribution is -2.29. The predicted octanol–water partition coefficient (Wildman–Crippen LogP) is 3.79. The van der Waals surface area contributed by atoms with Gasteiger partial charge in [0.15, 0.2) is 0 Å². The van der Waals surface area contributed by atoms with E-state index in [1.807, 2.05) is 0 Å². The summed E-state index contributed by atoms with van der Waals surface area (Å²) in [6.07, 6.45) is 4.62. The highest BCUT2D eigenvalue weighted by Crippen LogP contribution is 2.21. The maximum Gasteiger partial charge on any atom is 0.252 e. The van der Waals surface area contributed by atoms with Crippen molar-refractivity contribution in [2.45, 2.75) is 31.8 Å². The SMILES string of the molecule is O=C(NCCC1CCCCO1)c1cc(Cl)ccc1Br. The van der Waals surface area contributed by atoms with Crippen LogP contribution < -0.4 is 5.32 Å². The van der Waals surface area contributed by atoms with Crippen LogP contribution in [0.2, 0.25) is 5.02 Å². The number of carbonyl (C=O) groups excluding carboxylic acids is 1. The zero-order valence-electron chi connectivity index (χ0n) is 10.6. The molecule has 1 amide bonds. The summed E-state index contributed by atoms with van der Waals surface area (Å²) in [4.78, 5) is 12.0. The summed E-state index contributed by atoms with van der Waals surface area (Å²) < 4.78 is 6.38. The van der Waals surface area contributed by atoms with Crippen molar-refractivity contribution in [2.75, 3.05) is 13.2 Å². The first kappa shape index (κ1) is 14.8. The van der Waals surface area contributed by atoms with E-state index in [-0.39, 0.29) is 12.0 Å². The number of nitrogens with one attached hydrogen (secondary N) is 1. The first-order valence-corrected chi connectivity index (χ1v) is 7.69. The topological polar surface area (TPSA) is 38.3 Å². The van der Waals surface area contributed by atoms with Gasteiger partial charge < -0.3 is 10.1 Å². The van der Waals surface area contributed by atoms with Crippen molar-refractivity contribution in [3.8, 4) is 0 Å². The number of carbonyl (C=O) groups is 1. The molecule has 1 saturated heterocycles. The molecule has 0 radical (unpaired) electrons. The zero-order chi connectivity index (χ0) is 13.7. The molecule has 0 aliphatic carbocycles. The van der Waals surface area contributed by atoms with E-state index in [9.17, 15) is 4.79 Å². The monoisotopic (exact) mass is 345 g/mol. The maximum absolute atomic E-state index is 12.0. The van der Waals surface area contributed by atoms with Crippen LogP contribution in [0.1, 0.15) is 36.0 Å². The van der Waals surface area contributed by atoms with Crippen molar-refractivity contribution in [1.82, 2.24) is 5.32 Å². The lowest BCUT2D eigenvalue weighted by Gasteiger charge is -2.22. The molecule has 0 spiro atoms. The van der Waals surface area contributed by atoms with Crippen molar-refractivity contribution in [1.29, 1.82) is 0 Å². The van der Waals surface area contributed by atoms with Crippen LogP contribution in [-0.2, 0) is 4.74 Å². The summed E-state index contributed by atoms with van der Waals surface area (Å²) >= 11 is 9.25. The van der Waals surface area contributed by atoms with Crippen LogP contribution in [0.4, 0.5) is 0 Å². The molecule has 1 atom stereocenters. The molecule has 1 N–H and O–H groups in total. The normalized spacial score (nSPS) is 19.2. The number of halogens is 2. The number of amides is 1. The molecule has 0 saturated carbocycles. The summed E-state index contributed by atoms with van der Waals surface area (Å²) in [6.45, 7) is 1.47. The molecule has 1 aliphatic rings. The molecule has 0 bridgehead atoms. The van der Waals surface area contributed by atoms with E-state index in [0.29, 0.717) is 17.1 Å². The summed E-state index contributed by atoms with van der Waals surface area (Å²) in [5.41, 5.74) is 0.567. The minimum atomic E-state index is -0.106. The lowest BCUT2D eigenvalue weighted by molar-refractivity contribution is 0.0117. The molecule has 1 aromatic carbocycles. The maximum atomic E-state index is 12.0. The second-order valence-corrected chi connectivity index (χ2v) is 5.95. The van der Waals surface area contributed by atoms with E-state index < -0.39 is 0 Å². The summed E-state index contributed by atoms with van der Waals surface area (Å²) in [5.74, 6) is -0.106. The fraction of sp³-hybridized carbons (Fsp3) is 0.500. The molecule has 1 heterocycles. The Morgan fingerprint density at radius 2 is 2.32 bits per heavy atom. The minimum absolute atomic E-state index is 0.106. The predicted molar refractivity (Wildman–Crippen MR) is 79.7 cm³/mol. The van der Waals surface area contributed by atoms with Gasteiger partial charge >= 0.3 is 0 Å². The highest BCUT2D eigenvalue weighted by atomic mass is 79.9. The van der Waals surface area contributed by atoms with Crippen LogP contribution in [0.15, 0.2) is 22.7 Å². The van der Waals surface area contributed by atoms with Gasteiger partial charge in [-0.1, -0.05) is 11.6 Å². The van der Waals surface area contributed by atoms with E-state index >= 15 is 0 Å². The molecular weight excluding hydrogens is 330 g/mol. The zero-order valence-corrected chi connectivity index (χ0v) is 13.0. The van der Waals surface area contributed by atoms with Crippen LogP contribution in [-0.4, -0.2) is 25.2 Å². The van der Waals surface area contributed by atoms with E-state index in [2.05, 4.69) is 21.2 Å². The van der Waals surface area contributed by atoms with Gasteiger partial charge in [0.1, 0.15) is 0 Å².